The van der Waals surface area contributed by atoms with E-state index in [-0.39, 0.29) is 30.1 Å². The van der Waals surface area contributed by atoms with Gasteiger partial charge in [0.15, 0.2) is 0 Å². The number of halogens is 2. The summed E-state index contributed by atoms with van der Waals surface area (Å²) in [5, 5.41) is 0. The molecule has 0 unspecified atom stereocenters. The lowest BCUT2D eigenvalue weighted by atomic mass is 9.94. The number of benzene rings is 2. The van der Waals surface area contributed by atoms with Crippen LogP contribution in [0.2, 0.25) is 0 Å². The van der Waals surface area contributed by atoms with Crippen LogP contribution < -0.4 is 0 Å². The first-order chi connectivity index (χ1) is 17.7. The average Bonchev–Trinajstić information content (AvgIpc) is 3.33. The van der Waals surface area contributed by atoms with Crippen molar-refractivity contribution in [3.05, 3.63) is 95.6 Å². The molecule has 0 bridgehead atoms. The van der Waals surface area contributed by atoms with E-state index >= 15 is 0 Å². The second-order valence-electron chi connectivity index (χ2n) is 10.1. The van der Waals surface area contributed by atoms with Crippen molar-refractivity contribution in [1.82, 2.24) is 14.4 Å². The Labute approximate surface area is 224 Å². The Hall–Kier alpha value is -3.12. The van der Waals surface area contributed by atoms with Gasteiger partial charge in [-0.3, -0.25) is 9.59 Å². The van der Waals surface area contributed by atoms with Crippen molar-refractivity contribution < 1.29 is 14.0 Å². The zero-order valence-electron chi connectivity index (χ0n) is 22.0. The maximum absolute atomic E-state index is 13.7. The van der Waals surface area contributed by atoms with Crippen LogP contribution in [0.25, 0.3) is 0 Å². The van der Waals surface area contributed by atoms with Crippen molar-refractivity contribution in [2.45, 2.75) is 53.2 Å². The summed E-state index contributed by atoms with van der Waals surface area (Å²) in [5.74, 6) is -0.305. The summed E-state index contributed by atoms with van der Waals surface area (Å²) in [6.45, 7) is 7.60. The molecule has 0 aliphatic heterocycles. The van der Waals surface area contributed by atoms with Gasteiger partial charge in [-0.05, 0) is 55.7 Å². The quantitative estimate of drug-likeness (QED) is 0.253. The number of aromatic nitrogens is 1. The first-order valence-electron chi connectivity index (χ1n) is 12.8. The molecule has 3 rings (SSSR count). The lowest BCUT2D eigenvalue weighted by molar-refractivity contribution is -0.146. The van der Waals surface area contributed by atoms with Gasteiger partial charge < -0.3 is 14.4 Å². The molecule has 0 aliphatic rings. The molecule has 3 aromatic rings. The molecule has 5 nitrogen and oxygen atoms in total. The maximum Gasteiger partial charge on any atom is 0.242 e. The van der Waals surface area contributed by atoms with Crippen LogP contribution in [0.5, 0.6) is 0 Å². The van der Waals surface area contributed by atoms with Crippen molar-refractivity contribution in [3.8, 4) is 0 Å². The van der Waals surface area contributed by atoms with E-state index in [2.05, 4.69) is 11.5 Å². The predicted molar refractivity (Wildman–Crippen MR) is 147 cm³/mol. The molecule has 0 radical (unpaired) electrons. The second kappa shape index (κ2) is 13.4. The largest absolute Gasteiger partial charge is 0.345 e. The van der Waals surface area contributed by atoms with Crippen molar-refractivity contribution >= 4 is 23.4 Å². The fourth-order valence-electron chi connectivity index (χ4n) is 4.12. The molecule has 0 N–H and O–H groups in total. The fourth-order valence-corrected chi connectivity index (χ4v) is 4.23. The number of amides is 2. The lowest BCUT2D eigenvalue weighted by Gasteiger charge is -2.32. The van der Waals surface area contributed by atoms with Crippen LogP contribution >= 0.6 is 11.6 Å². The van der Waals surface area contributed by atoms with Crippen LogP contribution in [0.1, 0.15) is 50.4 Å². The molecule has 2 amide bonds. The highest BCUT2D eigenvalue weighted by Gasteiger charge is 2.33. The van der Waals surface area contributed by atoms with E-state index in [9.17, 15) is 14.0 Å². The zero-order valence-corrected chi connectivity index (χ0v) is 22.8. The summed E-state index contributed by atoms with van der Waals surface area (Å²) < 4.78 is 15.4. The number of nitrogens with zero attached hydrogens (tertiary/aromatic N) is 3. The molecular formula is C30H37ClFN3O2. The molecule has 0 aliphatic carbocycles. The number of carbonyl (C=O) groups excluding carboxylic acids is 2. The molecule has 1 aromatic heterocycles. The molecule has 0 saturated carbocycles. The van der Waals surface area contributed by atoms with Crippen molar-refractivity contribution in [3.63, 3.8) is 0 Å². The van der Waals surface area contributed by atoms with E-state index < -0.39 is 5.41 Å². The maximum atomic E-state index is 13.7. The van der Waals surface area contributed by atoms with Crippen molar-refractivity contribution in [2.75, 3.05) is 19.0 Å². The Bertz CT molecular complexity index is 1150. The molecule has 0 saturated heterocycles. The number of carbonyl (C=O) groups is 2. The summed E-state index contributed by atoms with van der Waals surface area (Å²) in [6.07, 6.45) is 3.70. The highest BCUT2D eigenvalue weighted by atomic mass is 35.5. The second-order valence-corrected chi connectivity index (χ2v) is 10.4. The Morgan fingerprint density at radius 2 is 1.62 bits per heavy atom. The van der Waals surface area contributed by atoms with E-state index in [1.54, 1.807) is 21.9 Å². The molecule has 0 atom stereocenters. The Kier molecular flexibility index (Phi) is 10.3. The van der Waals surface area contributed by atoms with Gasteiger partial charge in [0, 0.05) is 37.4 Å². The Balaban J connectivity index is 1.83. The SMILES string of the molecule is CCCCN(CC(=O)N(Cc1ccccc1)Cc1cccn1Cc1ccc(F)cc1)C(=O)C(C)(C)CCl. The third-order valence-electron chi connectivity index (χ3n) is 6.42. The molecule has 2 aromatic carbocycles. The predicted octanol–water partition coefficient (Wildman–Crippen LogP) is 6.10. The van der Waals surface area contributed by atoms with Crippen LogP contribution in [0, 0.1) is 11.2 Å². The lowest BCUT2D eigenvalue weighted by Crippen LogP contribution is -2.48. The molecular weight excluding hydrogens is 489 g/mol. The number of alkyl halides is 1. The van der Waals surface area contributed by atoms with Gasteiger partial charge in [-0.2, -0.15) is 0 Å². The van der Waals surface area contributed by atoms with E-state index in [4.69, 9.17) is 11.6 Å². The van der Waals surface area contributed by atoms with Crippen LogP contribution in [-0.4, -0.2) is 45.2 Å². The van der Waals surface area contributed by atoms with Crippen LogP contribution in [-0.2, 0) is 29.2 Å². The van der Waals surface area contributed by atoms with Gasteiger partial charge in [0.1, 0.15) is 5.82 Å². The van der Waals surface area contributed by atoms with Gasteiger partial charge in [0.05, 0.1) is 18.5 Å². The Morgan fingerprint density at radius 1 is 0.919 bits per heavy atom. The number of rotatable bonds is 13. The first-order valence-corrected chi connectivity index (χ1v) is 13.3. The van der Waals surface area contributed by atoms with E-state index in [1.807, 2.05) is 62.5 Å². The minimum absolute atomic E-state index is 0.00462. The van der Waals surface area contributed by atoms with E-state index in [0.717, 1.165) is 29.7 Å². The molecule has 37 heavy (non-hydrogen) atoms. The van der Waals surface area contributed by atoms with Gasteiger partial charge in [-0.15, -0.1) is 11.6 Å². The third kappa shape index (κ3) is 8.19. The summed E-state index contributed by atoms with van der Waals surface area (Å²) in [6, 6.07) is 20.2. The summed E-state index contributed by atoms with van der Waals surface area (Å²) >= 11 is 6.09. The fraction of sp³-hybridized carbons (Fsp3) is 0.400. The molecule has 0 fully saturated rings. The van der Waals surface area contributed by atoms with Gasteiger partial charge in [-0.25, -0.2) is 4.39 Å². The topological polar surface area (TPSA) is 45.6 Å². The van der Waals surface area contributed by atoms with Crippen molar-refractivity contribution in [1.29, 1.82) is 0 Å². The average molecular weight is 526 g/mol. The van der Waals surface area contributed by atoms with Crippen LogP contribution in [0.4, 0.5) is 4.39 Å². The van der Waals surface area contributed by atoms with Crippen LogP contribution in [0.15, 0.2) is 72.9 Å². The number of hydrogen-bond acceptors (Lipinski definition) is 2. The third-order valence-corrected chi connectivity index (χ3v) is 7.09. The molecule has 198 valence electrons. The molecule has 7 heteroatoms. The minimum atomic E-state index is -0.746. The van der Waals surface area contributed by atoms with Gasteiger partial charge in [0.25, 0.3) is 0 Å². The highest BCUT2D eigenvalue weighted by molar-refractivity contribution is 6.19. The number of hydrogen-bond donors (Lipinski definition) is 0. The van der Waals surface area contributed by atoms with E-state index in [1.165, 1.54) is 12.1 Å². The summed E-state index contributed by atoms with van der Waals surface area (Å²) in [4.78, 5) is 30.4. The van der Waals surface area contributed by atoms with Crippen LogP contribution in [0.3, 0.4) is 0 Å². The Morgan fingerprint density at radius 3 is 2.27 bits per heavy atom. The smallest absolute Gasteiger partial charge is 0.242 e. The zero-order chi connectivity index (χ0) is 26.8. The van der Waals surface area contributed by atoms with Gasteiger partial charge in [-0.1, -0.05) is 55.8 Å². The number of unbranched alkanes of at least 4 members (excludes halogenated alkanes) is 1. The monoisotopic (exact) mass is 525 g/mol. The molecule has 1 heterocycles. The van der Waals surface area contributed by atoms with Gasteiger partial charge in [0.2, 0.25) is 11.8 Å². The minimum Gasteiger partial charge on any atom is -0.345 e. The molecule has 0 spiro atoms. The standard InChI is InChI=1S/C30H37ClFN3O2/c1-4-5-17-34(29(37)30(2,3)23-31)22-28(36)35(20-24-10-7-6-8-11-24)21-27-12-9-18-33(27)19-25-13-15-26(32)16-14-25/h6-16,18H,4-5,17,19-23H2,1-3H3. The van der Waals surface area contributed by atoms with E-state index in [0.29, 0.717) is 26.2 Å². The van der Waals surface area contributed by atoms with Crippen molar-refractivity contribution in [2.24, 2.45) is 5.41 Å². The van der Waals surface area contributed by atoms with Gasteiger partial charge >= 0.3 is 0 Å². The summed E-state index contributed by atoms with van der Waals surface area (Å²) in [5.41, 5.74) is 2.20. The summed E-state index contributed by atoms with van der Waals surface area (Å²) in [7, 11) is 0. The highest BCUT2D eigenvalue weighted by Crippen LogP contribution is 2.22. The first kappa shape index (κ1) is 28.5. The normalized spacial score (nSPS) is 11.4.